The highest BCUT2D eigenvalue weighted by Crippen LogP contribution is 2.18. The van der Waals surface area contributed by atoms with Crippen molar-refractivity contribution in [2.45, 2.75) is 26.4 Å². The van der Waals surface area contributed by atoms with Crippen LogP contribution < -0.4 is 10.6 Å². The van der Waals surface area contributed by atoms with Crippen LogP contribution in [-0.4, -0.2) is 34.3 Å². The minimum atomic E-state index is -0.481. The van der Waals surface area contributed by atoms with Crippen molar-refractivity contribution >= 4 is 11.8 Å². The highest BCUT2D eigenvalue weighted by Gasteiger charge is 2.15. The Hall–Kier alpha value is -2.50. The Labute approximate surface area is 130 Å². The summed E-state index contributed by atoms with van der Waals surface area (Å²) in [6.45, 7) is 6.60. The summed E-state index contributed by atoms with van der Waals surface area (Å²) in [5, 5.41) is 6.02. The third kappa shape index (κ3) is 4.80. The molecule has 2 N–H and O–H groups in total. The minimum Gasteiger partial charge on any atom is -0.444 e. The van der Waals surface area contributed by atoms with Crippen molar-refractivity contribution in [2.24, 2.45) is 0 Å². The Morgan fingerprint density at radius 3 is 2.73 bits per heavy atom. The van der Waals surface area contributed by atoms with Crippen molar-refractivity contribution < 1.29 is 9.53 Å². The van der Waals surface area contributed by atoms with Gasteiger partial charge in [-0.3, -0.25) is 0 Å². The van der Waals surface area contributed by atoms with Crippen molar-refractivity contribution in [1.29, 1.82) is 0 Å². The lowest BCUT2D eigenvalue weighted by Crippen LogP contribution is -2.35. The fourth-order valence-electron chi connectivity index (χ4n) is 1.93. The van der Waals surface area contributed by atoms with Crippen LogP contribution in [0.1, 0.15) is 20.8 Å². The monoisotopic (exact) mass is 302 g/mol. The second-order valence-electron chi connectivity index (χ2n) is 5.84. The number of rotatable bonds is 5. The van der Waals surface area contributed by atoms with Crippen LogP contribution in [0.3, 0.4) is 0 Å². The number of nitrogens with one attached hydrogen (secondary N) is 2. The molecule has 0 aliphatic heterocycles. The predicted octanol–water partition coefficient (Wildman–Crippen LogP) is 2.81. The van der Waals surface area contributed by atoms with E-state index in [2.05, 4.69) is 15.6 Å². The Balaban J connectivity index is 1.84. The van der Waals surface area contributed by atoms with Crippen LogP contribution in [0.25, 0.3) is 5.69 Å². The third-order valence-electron chi connectivity index (χ3n) is 2.80. The van der Waals surface area contributed by atoms with Gasteiger partial charge in [0.15, 0.2) is 0 Å². The molecule has 6 nitrogen and oxygen atoms in total. The molecular formula is C16H22N4O2. The van der Waals surface area contributed by atoms with Gasteiger partial charge < -0.3 is 19.9 Å². The number of carbonyl (C=O) groups is 1. The maximum atomic E-state index is 11.6. The maximum absolute atomic E-state index is 11.6. The van der Waals surface area contributed by atoms with Gasteiger partial charge in [0.05, 0.1) is 17.7 Å². The zero-order valence-electron chi connectivity index (χ0n) is 13.2. The van der Waals surface area contributed by atoms with Gasteiger partial charge in [0.2, 0.25) is 0 Å². The molecule has 2 rings (SSSR count). The highest BCUT2D eigenvalue weighted by molar-refractivity contribution is 5.67. The standard InChI is InChI=1S/C16H22N4O2/c1-16(2,3)22-15(21)19-9-8-18-13-6-4-5-7-14(13)20-11-10-17-12-20/h4-7,10-12,18H,8-9H2,1-3H3,(H,19,21). The largest absolute Gasteiger partial charge is 0.444 e. The second kappa shape index (κ2) is 6.98. The summed E-state index contributed by atoms with van der Waals surface area (Å²) in [5.41, 5.74) is 1.51. The molecule has 1 amide bonds. The molecule has 1 aromatic heterocycles. The van der Waals surface area contributed by atoms with Gasteiger partial charge in [0.1, 0.15) is 5.60 Å². The SMILES string of the molecule is CC(C)(C)OC(=O)NCCNc1ccccc1-n1ccnc1. The van der Waals surface area contributed by atoms with Gasteiger partial charge in [0.25, 0.3) is 0 Å². The number of hydrogen-bond donors (Lipinski definition) is 2. The summed E-state index contributed by atoms with van der Waals surface area (Å²) in [6.07, 6.45) is 4.97. The molecule has 0 atom stereocenters. The number of benzene rings is 1. The first-order chi connectivity index (χ1) is 10.5. The number of amides is 1. The molecule has 0 spiro atoms. The van der Waals surface area contributed by atoms with E-state index in [1.54, 1.807) is 12.5 Å². The van der Waals surface area contributed by atoms with Gasteiger partial charge in [-0.25, -0.2) is 9.78 Å². The van der Waals surface area contributed by atoms with Crippen molar-refractivity contribution in [3.05, 3.63) is 43.0 Å². The topological polar surface area (TPSA) is 68.2 Å². The summed E-state index contributed by atoms with van der Waals surface area (Å²) in [5.74, 6) is 0. The molecule has 118 valence electrons. The van der Waals surface area contributed by atoms with E-state index >= 15 is 0 Å². The van der Waals surface area contributed by atoms with Crippen LogP contribution in [0.5, 0.6) is 0 Å². The molecule has 1 heterocycles. The van der Waals surface area contributed by atoms with Gasteiger partial charge >= 0.3 is 6.09 Å². The Morgan fingerprint density at radius 2 is 2.05 bits per heavy atom. The molecule has 0 fully saturated rings. The normalized spacial score (nSPS) is 11.0. The molecule has 22 heavy (non-hydrogen) atoms. The van der Waals surface area contributed by atoms with Gasteiger partial charge in [-0.15, -0.1) is 0 Å². The van der Waals surface area contributed by atoms with E-state index in [0.717, 1.165) is 11.4 Å². The minimum absolute atomic E-state index is 0.405. The highest BCUT2D eigenvalue weighted by atomic mass is 16.6. The van der Waals surface area contributed by atoms with Crippen molar-refractivity contribution in [2.75, 3.05) is 18.4 Å². The van der Waals surface area contributed by atoms with E-state index in [9.17, 15) is 4.79 Å². The van der Waals surface area contributed by atoms with Crippen molar-refractivity contribution in [1.82, 2.24) is 14.9 Å². The smallest absolute Gasteiger partial charge is 0.407 e. The van der Waals surface area contributed by atoms with Gasteiger partial charge in [-0.1, -0.05) is 12.1 Å². The summed E-state index contributed by atoms with van der Waals surface area (Å²) in [6, 6.07) is 7.93. The van der Waals surface area contributed by atoms with E-state index in [0.29, 0.717) is 13.1 Å². The molecule has 0 saturated carbocycles. The Kier molecular flexibility index (Phi) is 5.04. The summed E-state index contributed by atoms with van der Waals surface area (Å²) < 4.78 is 7.12. The summed E-state index contributed by atoms with van der Waals surface area (Å²) in [4.78, 5) is 15.6. The Bertz CT molecular complexity index is 603. The van der Waals surface area contributed by atoms with Crippen molar-refractivity contribution in [3.63, 3.8) is 0 Å². The fraction of sp³-hybridized carbons (Fsp3) is 0.375. The van der Waals surface area contributed by atoms with Gasteiger partial charge in [0, 0.05) is 25.5 Å². The van der Waals surface area contributed by atoms with Crippen LogP contribution >= 0.6 is 0 Å². The van der Waals surface area contributed by atoms with E-state index in [1.165, 1.54) is 0 Å². The summed E-state index contributed by atoms with van der Waals surface area (Å²) in [7, 11) is 0. The average Bonchev–Trinajstić information content (AvgIpc) is 2.96. The molecule has 1 aromatic carbocycles. The Morgan fingerprint density at radius 1 is 1.27 bits per heavy atom. The maximum Gasteiger partial charge on any atom is 0.407 e. The first-order valence-electron chi connectivity index (χ1n) is 7.24. The number of alkyl carbamates (subject to hydrolysis) is 1. The van der Waals surface area contributed by atoms with Crippen LogP contribution in [0.15, 0.2) is 43.0 Å². The lowest BCUT2D eigenvalue weighted by atomic mass is 10.2. The second-order valence-corrected chi connectivity index (χ2v) is 5.84. The van der Waals surface area contributed by atoms with Crippen molar-refractivity contribution in [3.8, 4) is 5.69 Å². The molecule has 2 aromatic rings. The summed E-state index contributed by atoms with van der Waals surface area (Å²) >= 11 is 0. The molecule has 6 heteroatoms. The van der Waals surface area contributed by atoms with E-state index in [4.69, 9.17) is 4.74 Å². The first kappa shape index (κ1) is 15.9. The molecule has 0 aliphatic carbocycles. The quantitative estimate of drug-likeness (QED) is 0.833. The first-order valence-corrected chi connectivity index (χ1v) is 7.24. The average molecular weight is 302 g/mol. The molecule has 0 aliphatic rings. The van der Waals surface area contributed by atoms with Crippen LogP contribution in [0.2, 0.25) is 0 Å². The van der Waals surface area contributed by atoms with E-state index in [1.807, 2.05) is 55.8 Å². The molecule has 0 radical (unpaired) electrons. The number of ether oxygens (including phenoxy) is 1. The number of aromatic nitrogens is 2. The van der Waals surface area contributed by atoms with E-state index < -0.39 is 11.7 Å². The molecular weight excluding hydrogens is 280 g/mol. The molecule has 0 bridgehead atoms. The number of carbonyl (C=O) groups excluding carboxylic acids is 1. The van der Waals surface area contributed by atoms with Crippen LogP contribution in [0.4, 0.5) is 10.5 Å². The lowest BCUT2D eigenvalue weighted by Gasteiger charge is -2.20. The fourth-order valence-corrected chi connectivity index (χ4v) is 1.93. The predicted molar refractivity (Wildman–Crippen MR) is 86.3 cm³/mol. The van der Waals surface area contributed by atoms with E-state index in [-0.39, 0.29) is 0 Å². The zero-order valence-corrected chi connectivity index (χ0v) is 13.2. The van der Waals surface area contributed by atoms with Gasteiger partial charge in [-0.2, -0.15) is 0 Å². The van der Waals surface area contributed by atoms with Gasteiger partial charge in [-0.05, 0) is 32.9 Å². The number of hydrogen-bond acceptors (Lipinski definition) is 4. The van der Waals surface area contributed by atoms with Crippen LogP contribution in [-0.2, 0) is 4.74 Å². The number of nitrogens with zero attached hydrogens (tertiary/aromatic N) is 2. The number of para-hydroxylation sites is 2. The number of imidazole rings is 1. The molecule has 0 saturated heterocycles. The molecule has 0 unspecified atom stereocenters. The lowest BCUT2D eigenvalue weighted by molar-refractivity contribution is 0.0530. The zero-order chi connectivity index (χ0) is 16.0. The van der Waals surface area contributed by atoms with Crippen LogP contribution in [0, 0.1) is 0 Å². The third-order valence-corrected chi connectivity index (χ3v) is 2.80. The number of anilines is 1.